The van der Waals surface area contributed by atoms with Crippen LogP contribution in [0.3, 0.4) is 0 Å². The smallest absolute Gasteiger partial charge is 0.416 e. The minimum atomic E-state index is -4.75. The van der Waals surface area contributed by atoms with Crippen molar-refractivity contribution in [1.29, 1.82) is 0 Å². The maximum absolute atomic E-state index is 12.6. The highest BCUT2D eigenvalue weighted by atomic mass is 35.5. The van der Waals surface area contributed by atoms with E-state index in [9.17, 15) is 32.7 Å². The van der Waals surface area contributed by atoms with Crippen LogP contribution in [0.1, 0.15) is 5.56 Å². The number of hydrogen-bond donors (Lipinski definition) is 1. The van der Waals surface area contributed by atoms with Crippen molar-refractivity contribution in [3.63, 3.8) is 0 Å². The fourth-order valence-corrected chi connectivity index (χ4v) is 3.31. The van der Waals surface area contributed by atoms with Gasteiger partial charge in [0.15, 0.2) is 5.30 Å². The van der Waals surface area contributed by atoms with Gasteiger partial charge in [0.25, 0.3) is 5.69 Å². The molecule has 2 aromatic rings. The predicted octanol–water partition coefficient (Wildman–Crippen LogP) is 4.16. The van der Waals surface area contributed by atoms with Gasteiger partial charge in [-0.2, -0.15) is 13.2 Å². The van der Waals surface area contributed by atoms with E-state index >= 15 is 0 Å². The highest BCUT2D eigenvalue weighted by Crippen LogP contribution is 2.46. The van der Waals surface area contributed by atoms with Gasteiger partial charge in [-0.05, 0) is 24.3 Å². The quantitative estimate of drug-likeness (QED) is 0.488. The number of halogens is 4. The molecular weight excluding hydrogens is 374 g/mol. The molecule has 0 radical (unpaired) electrons. The zero-order valence-electron chi connectivity index (χ0n) is 11.5. The van der Waals surface area contributed by atoms with E-state index in [1.54, 1.807) is 0 Å². The Labute approximate surface area is 138 Å². The third kappa shape index (κ3) is 3.87. The van der Waals surface area contributed by atoms with E-state index in [2.05, 4.69) is 0 Å². The number of nitrogens with zero attached hydrogens (tertiary/aromatic N) is 1. The van der Waals surface area contributed by atoms with Crippen LogP contribution in [0, 0.1) is 10.1 Å². The van der Waals surface area contributed by atoms with Gasteiger partial charge in [0, 0.05) is 6.07 Å². The molecule has 0 bridgehead atoms. The minimum Gasteiger partial charge on any atom is -0.420 e. The Kier molecular flexibility index (Phi) is 4.89. The second-order valence-electron chi connectivity index (χ2n) is 4.50. The van der Waals surface area contributed by atoms with Gasteiger partial charge in [-0.3, -0.25) is 10.1 Å². The third-order valence-electron chi connectivity index (χ3n) is 2.86. The lowest BCUT2D eigenvalue weighted by Crippen LogP contribution is -2.14. The molecule has 1 unspecified atom stereocenters. The van der Waals surface area contributed by atoms with Gasteiger partial charge in [0.2, 0.25) is 0 Å². The van der Waals surface area contributed by atoms with Crippen molar-refractivity contribution in [3.05, 3.63) is 63.2 Å². The first-order valence-electron chi connectivity index (χ1n) is 6.15. The fourth-order valence-electron chi connectivity index (χ4n) is 1.79. The molecule has 0 heterocycles. The van der Waals surface area contributed by atoms with Gasteiger partial charge < -0.3 is 9.42 Å². The molecule has 0 aliphatic rings. The highest BCUT2D eigenvalue weighted by Gasteiger charge is 2.35. The molecule has 2 rings (SSSR count). The van der Waals surface area contributed by atoms with E-state index in [0.29, 0.717) is 12.1 Å². The highest BCUT2D eigenvalue weighted by molar-refractivity contribution is 7.62. The molecule has 1 atom stereocenters. The summed E-state index contributed by atoms with van der Waals surface area (Å²) in [5.41, 5.74) is -1.73. The van der Waals surface area contributed by atoms with Gasteiger partial charge in [-0.15, -0.1) is 0 Å². The Bertz CT molecular complexity index is 843. The van der Waals surface area contributed by atoms with Crippen molar-refractivity contribution in [1.82, 2.24) is 0 Å². The topological polar surface area (TPSA) is 89.7 Å². The lowest BCUT2D eigenvalue weighted by Gasteiger charge is -2.15. The predicted molar refractivity (Wildman–Crippen MR) is 79.6 cm³/mol. The summed E-state index contributed by atoms with van der Waals surface area (Å²) in [6.07, 6.45) is -4.65. The Morgan fingerprint density at radius 2 is 1.83 bits per heavy atom. The molecule has 0 fully saturated rings. The third-order valence-corrected chi connectivity index (χ3v) is 4.59. The molecule has 2 aromatic carbocycles. The second kappa shape index (κ2) is 6.43. The number of para-hydroxylation sites is 1. The number of nitro groups is 1. The largest absolute Gasteiger partial charge is 0.420 e. The van der Waals surface area contributed by atoms with Crippen LogP contribution in [-0.2, 0) is 10.7 Å². The molecule has 0 aliphatic carbocycles. The normalized spacial score (nSPS) is 14.0. The van der Waals surface area contributed by atoms with Crippen LogP contribution in [-0.4, -0.2) is 9.82 Å². The summed E-state index contributed by atoms with van der Waals surface area (Å²) >= 11 is 5.64. The molecule has 0 amide bonds. The summed E-state index contributed by atoms with van der Waals surface area (Å²) in [5.74, 6) is -0.506. The Hall–Kier alpha value is -2.09. The number of hydrogen-bond acceptors (Lipinski definition) is 4. The van der Waals surface area contributed by atoms with Crippen LogP contribution in [0.5, 0.6) is 5.75 Å². The SMILES string of the molecule is O=[N+]([O-])c1ccccc1P(=O)(O)Oc1ccc(C(F)(F)F)cc1Cl. The van der Waals surface area contributed by atoms with Gasteiger partial charge in [0.05, 0.1) is 15.5 Å². The van der Waals surface area contributed by atoms with Crippen molar-refractivity contribution in [2.24, 2.45) is 0 Å². The molecule has 0 spiro atoms. The zero-order valence-corrected chi connectivity index (χ0v) is 13.2. The fraction of sp³-hybridized carbons (Fsp3) is 0.0769. The minimum absolute atomic E-state index is 0.506. The molecule has 0 saturated carbocycles. The Morgan fingerprint density at radius 3 is 2.38 bits per heavy atom. The van der Waals surface area contributed by atoms with E-state index in [1.807, 2.05) is 0 Å². The van der Waals surface area contributed by atoms with Crippen LogP contribution >= 0.6 is 19.2 Å². The number of rotatable bonds is 4. The summed E-state index contributed by atoms with van der Waals surface area (Å²) in [5, 5.41) is 9.75. The number of nitro benzene ring substituents is 1. The van der Waals surface area contributed by atoms with E-state index in [-0.39, 0.29) is 0 Å². The van der Waals surface area contributed by atoms with Gasteiger partial charge >= 0.3 is 13.8 Å². The molecule has 11 heteroatoms. The van der Waals surface area contributed by atoms with Crippen LogP contribution in [0.15, 0.2) is 42.5 Å². The van der Waals surface area contributed by atoms with Crippen molar-refractivity contribution >= 4 is 30.2 Å². The van der Waals surface area contributed by atoms with Crippen LogP contribution < -0.4 is 9.83 Å². The lowest BCUT2D eigenvalue weighted by molar-refractivity contribution is -0.383. The van der Waals surface area contributed by atoms with Crippen LogP contribution in [0.25, 0.3) is 0 Å². The van der Waals surface area contributed by atoms with Crippen molar-refractivity contribution in [3.8, 4) is 5.75 Å². The van der Waals surface area contributed by atoms with Gasteiger partial charge in [-0.1, -0.05) is 23.7 Å². The molecule has 0 aromatic heterocycles. The van der Waals surface area contributed by atoms with Gasteiger partial charge in [0.1, 0.15) is 5.75 Å². The van der Waals surface area contributed by atoms with Crippen LogP contribution in [0.2, 0.25) is 5.02 Å². The van der Waals surface area contributed by atoms with E-state index in [1.165, 1.54) is 12.1 Å². The summed E-state index contributed by atoms with van der Waals surface area (Å²) in [6.45, 7) is 0. The average molecular weight is 382 g/mol. The summed E-state index contributed by atoms with van der Waals surface area (Å²) < 4.78 is 54.8. The Morgan fingerprint density at radius 1 is 1.21 bits per heavy atom. The first-order chi connectivity index (χ1) is 11.0. The lowest BCUT2D eigenvalue weighted by atomic mass is 10.2. The number of benzene rings is 2. The number of alkyl halides is 3. The molecule has 1 N–H and O–H groups in total. The molecule has 0 saturated heterocycles. The maximum atomic E-state index is 12.6. The summed E-state index contributed by atoms with van der Waals surface area (Å²) in [6, 6.07) is 6.47. The molecule has 128 valence electrons. The monoisotopic (exact) mass is 381 g/mol. The van der Waals surface area contributed by atoms with E-state index in [0.717, 1.165) is 18.2 Å². The van der Waals surface area contributed by atoms with E-state index in [4.69, 9.17) is 16.1 Å². The Balaban J connectivity index is 2.41. The van der Waals surface area contributed by atoms with E-state index < -0.39 is 46.0 Å². The van der Waals surface area contributed by atoms with Crippen LogP contribution in [0.4, 0.5) is 18.9 Å². The van der Waals surface area contributed by atoms with Crippen molar-refractivity contribution in [2.45, 2.75) is 6.18 Å². The molecule has 6 nitrogen and oxygen atoms in total. The molecule has 0 aliphatic heterocycles. The first kappa shape index (κ1) is 18.3. The summed E-state index contributed by atoms with van der Waals surface area (Å²) in [4.78, 5) is 20.0. The average Bonchev–Trinajstić information content (AvgIpc) is 2.48. The second-order valence-corrected chi connectivity index (χ2v) is 6.61. The standard InChI is InChI=1S/C13H8ClF3NO5P/c14-9-7-8(13(15,16)17)5-6-11(9)23-24(21,22)12-4-2-1-3-10(12)18(19)20/h1-7H,(H,21,22). The van der Waals surface area contributed by atoms with Gasteiger partial charge in [-0.25, -0.2) is 4.57 Å². The first-order valence-corrected chi connectivity index (χ1v) is 8.11. The molecular formula is C13H8ClF3NO5P. The zero-order chi connectivity index (χ0) is 18.1. The summed E-state index contributed by atoms with van der Waals surface area (Å²) in [7, 11) is -4.75. The van der Waals surface area contributed by atoms with Crippen molar-refractivity contribution in [2.75, 3.05) is 0 Å². The maximum Gasteiger partial charge on any atom is 0.416 e. The van der Waals surface area contributed by atoms with Crippen molar-refractivity contribution < 1.29 is 32.1 Å². The molecule has 24 heavy (non-hydrogen) atoms.